The molecule has 0 aliphatic carbocycles. The van der Waals surface area contributed by atoms with Crippen LogP contribution in [0.5, 0.6) is 0 Å². The van der Waals surface area contributed by atoms with E-state index in [0.29, 0.717) is 17.1 Å². The number of piperazine rings is 1. The highest BCUT2D eigenvalue weighted by Crippen LogP contribution is 2.22. The summed E-state index contributed by atoms with van der Waals surface area (Å²) in [6.45, 7) is 2.12. The molecule has 0 amide bonds. The normalized spacial score (nSPS) is 17.4. The molecule has 4 rings (SSSR count). The Labute approximate surface area is 155 Å². The van der Waals surface area contributed by atoms with Crippen molar-refractivity contribution in [2.24, 2.45) is 0 Å². The lowest BCUT2D eigenvalue weighted by molar-refractivity contribution is 0.0940. The van der Waals surface area contributed by atoms with Gasteiger partial charge in [-0.25, -0.2) is 0 Å². The number of benzene rings is 2. The number of rotatable bonds is 3. The molecule has 1 aliphatic rings. The van der Waals surface area contributed by atoms with Gasteiger partial charge in [-0.05, 0) is 36.4 Å². The smallest absolute Gasteiger partial charge is 0.248 e. The number of nitrogens with zero attached hydrogens (tertiary/aromatic N) is 1. The molecule has 0 radical (unpaired) electrons. The number of hydrogen-bond acceptors (Lipinski definition) is 4. The van der Waals surface area contributed by atoms with Crippen LogP contribution in [0, 0.1) is 0 Å². The Bertz CT molecular complexity index is 1030. The van der Waals surface area contributed by atoms with Crippen LogP contribution in [0.3, 0.4) is 0 Å². The average molecular weight is 368 g/mol. The van der Waals surface area contributed by atoms with Gasteiger partial charge in [0, 0.05) is 52.9 Å². The second-order valence-electron chi connectivity index (χ2n) is 6.42. The number of nitrogens with one attached hydrogen (secondary N) is 2. The van der Waals surface area contributed by atoms with E-state index < -0.39 is 0 Å². The number of pyridine rings is 1. The molecule has 1 aliphatic heterocycles. The number of hydrogen-bond donors (Lipinski definition) is 2. The maximum Gasteiger partial charge on any atom is 0.248 e. The van der Waals surface area contributed by atoms with Crippen LogP contribution in [0.25, 0.3) is 10.9 Å². The lowest BCUT2D eigenvalue weighted by atomic mass is 10.0. The first-order chi connectivity index (χ1) is 12.6. The maximum atomic E-state index is 12.8. The van der Waals surface area contributed by atoms with Crippen molar-refractivity contribution in [3.05, 3.63) is 75.5 Å². The number of aromatic amines is 1. The molecule has 0 bridgehead atoms. The molecule has 1 saturated heterocycles. The van der Waals surface area contributed by atoms with Crippen LogP contribution in [0.4, 0.5) is 5.69 Å². The van der Waals surface area contributed by atoms with E-state index in [1.165, 1.54) is 6.07 Å². The van der Waals surface area contributed by atoms with E-state index in [1.807, 2.05) is 24.3 Å². The third kappa shape index (κ3) is 3.36. The Morgan fingerprint density at radius 1 is 1.12 bits per heavy atom. The van der Waals surface area contributed by atoms with E-state index in [-0.39, 0.29) is 17.4 Å². The number of aromatic nitrogens is 1. The van der Waals surface area contributed by atoms with Gasteiger partial charge in [0.1, 0.15) is 0 Å². The molecule has 26 heavy (non-hydrogen) atoms. The van der Waals surface area contributed by atoms with E-state index >= 15 is 0 Å². The molecule has 1 aromatic heterocycles. The zero-order valence-electron chi connectivity index (χ0n) is 14.0. The molecule has 0 saturated carbocycles. The van der Waals surface area contributed by atoms with Crippen molar-refractivity contribution in [2.45, 2.75) is 6.04 Å². The Morgan fingerprint density at radius 2 is 2.00 bits per heavy atom. The Balaban J connectivity index is 1.57. The lowest BCUT2D eigenvalue weighted by Gasteiger charge is -2.34. The number of anilines is 1. The molecular formula is C20H18ClN3O2. The van der Waals surface area contributed by atoms with Gasteiger partial charge in [-0.1, -0.05) is 23.7 Å². The van der Waals surface area contributed by atoms with Crippen molar-refractivity contribution in [1.29, 1.82) is 0 Å². The van der Waals surface area contributed by atoms with Gasteiger partial charge in [0.05, 0.1) is 6.04 Å². The van der Waals surface area contributed by atoms with E-state index in [1.54, 1.807) is 24.3 Å². The van der Waals surface area contributed by atoms with Crippen LogP contribution in [0.15, 0.2) is 59.4 Å². The summed E-state index contributed by atoms with van der Waals surface area (Å²) in [6, 6.07) is 16.0. The van der Waals surface area contributed by atoms with Gasteiger partial charge in [0.25, 0.3) is 0 Å². The van der Waals surface area contributed by atoms with Crippen LogP contribution >= 0.6 is 11.6 Å². The van der Waals surface area contributed by atoms with Crippen molar-refractivity contribution in [3.8, 4) is 0 Å². The van der Waals surface area contributed by atoms with Gasteiger partial charge in [-0.2, -0.15) is 0 Å². The van der Waals surface area contributed by atoms with E-state index in [4.69, 9.17) is 11.6 Å². The molecule has 6 heteroatoms. The first-order valence-electron chi connectivity index (χ1n) is 8.51. The minimum Gasteiger partial charge on any atom is -0.368 e. The molecule has 0 spiro atoms. The molecular weight excluding hydrogens is 350 g/mol. The molecule has 1 fully saturated rings. The van der Waals surface area contributed by atoms with E-state index in [0.717, 1.165) is 29.7 Å². The summed E-state index contributed by atoms with van der Waals surface area (Å²) < 4.78 is 0. The SMILES string of the molecule is O=C(c1cccc(Cl)c1)C1CN(c2ccc3[nH]c(=O)ccc3c2)CCN1. The molecule has 132 valence electrons. The highest BCUT2D eigenvalue weighted by atomic mass is 35.5. The Hall–Kier alpha value is -2.63. The number of carbonyl (C=O) groups excluding carboxylic acids is 1. The molecule has 1 unspecified atom stereocenters. The second-order valence-corrected chi connectivity index (χ2v) is 6.86. The summed E-state index contributed by atoms with van der Waals surface area (Å²) in [5.41, 5.74) is 2.35. The standard InChI is InChI=1S/C20H18ClN3O2/c21-15-3-1-2-14(10-15)20(26)18-12-24(9-8-22-18)16-5-6-17-13(11-16)4-7-19(25)23-17/h1-7,10-11,18,22H,8-9,12H2,(H,23,25). The summed E-state index contributed by atoms with van der Waals surface area (Å²) in [4.78, 5) is 29.2. The highest BCUT2D eigenvalue weighted by molar-refractivity contribution is 6.31. The number of halogens is 1. The monoisotopic (exact) mass is 367 g/mol. The molecule has 1 atom stereocenters. The van der Waals surface area contributed by atoms with Crippen molar-refractivity contribution >= 4 is 34.0 Å². The molecule has 5 nitrogen and oxygen atoms in total. The number of carbonyl (C=O) groups is 1. The highest BCUT2D eigenvalue weighted by Gasteiger charge is 2.26. The van der Waals surface area contributed by atoms with E-state index in [9.17, 15) is 9.59 Å². The topological polar surface area (TPSA) is 65.2 Å². The Morgan fingerprint density at radius 3 is 2.85 bits per heavy atom. The van der Waals surface area contributed by atoms with Crippen LogP contribution in [-0.2, 0) is 0 Å². The van der Waals surface area contributed by atoms with Crippen LogP contribution < -0.4 is 15.8 Å². The van der Waals surface area contributed by atoms with Crippen molar-refractivity contribution < 1.29 is 4.79 Å². The predicted molar refractivity (Wildman–Crippen MR) is 104 cm³/mol. The van der Waals surface area contributed by atoms with Gasteiger partial charge < -0.3 is 15.2 Å². The predicted octanol–water partition coefficient (Wildman–Crippen LogP) is 2.84. The summed E-state index contributed by atoms with van der Waals surface area (Å²) in [5.74, 6) is 0.0438. The van der Waals surface area contributed by atoms with Gasteiger partial charge in [-0.15, -0.1) is 0 Å². The summed E-state index contributed by atoms with van der Waals surface area (Å²) in [5, 5.41) is 4.83. The third-order valence-electron chi connectivity index (χ3n) is 4.67. The summed E-state index contributed by atoms with van der Waals surface area (Å²) in [6.07, 6.45) is 0. The zero-order chi connectivity index (χ0) is 18.1. The van der Waals surface area contributed by atoms with Crippen LogP contribution in [-0.4, -0.2) is 36.4 Å². The number of H-pyrrole nitrogens is 1. The minimum atomic E-state index is -0.284. The van der Waals surface area contributed by atoms with Crippen molar-refractivity contribution in [1.82, 2.24) is 10.3 Å². The van der Waals surface area contributed by atoms with Gasteiger partial charge >= 0.3 is 0 Å². The van der Waals surface area contributed by atoms with Crippen LogP contribution in [0.1, 0.15) is 10.4 Å². The third-order valence-corrected chi connectivity index (χ3v) is 4.91. The number of ketones is 1. The fourth-order valence-electron chi connectivity index (χ4n) is 3.34. The minimum absolute atomic E-state index is 0.0438. The largest absolute Gasteiger partial charge is 0.368 e. The van der Waals surface area contributed by atoms with Crippen molar-refractivity contribution in [3.63, 3.8) is 0 Å². The van der Waals surface area contributed by atoms with Gasteiger partial charge in [0.15, 0.2) is 5.78 Å². The number of Topliss-reactive ketones (excluding diaryl/α,β-unsaturated/α-hetero) is 1. The average Bonchev–Trinajstić information content (AvgIpc) is 2.67. The lowest BCUT2D eigenvalue weighted by Crippen LogP contribution is -2.54. The van der Waals surface area contributed by atoms with E-state index in [2.05, 4.69) is 15.2 Å². The number of fused-ring (bicyclic) bond motifs is 1. The van der Waals surface area contributed by atoms with Gasteiger partial charge in [-0.3, -0.25) is 9.59 Å². The summed E-state index contributed by atoms with van der Waals surface area (Å²) in [7, 11) is 0. The van der Waals surface area contributed by atoms with Crippen LogP contribution in [0.2, 0.25) is 5.02 Å². The molecule has 2 aromatic carbocycles. The fraction of sp³-hybridized carbons (Fsp3) is 0.200. The first kappa shape index (κ1) is 16.8. The Kier molecular flexibility index (Phi) is 4.49. The van der Waals surface area contributed by atoms with Gasteiger partial charge in [0.2, 0.25) is 5.56 Å². The molecule has 3 aromatic rings. The maximum absolute atomic E-state index is 12.8. The fourth-order valence-corrected chi connectivity index (χ4v) is 3.53. The molecule has 2 heterocycles. The zero-order valence-corrected chi connectivity index (χ0v) is 14.8. The summed E-state index contributed by atoms with van der Waals surface area (Å²) >= 11 is 6.01. The first-order valence-corrected chi connectivity index (χ1v) is 8.89. The molecule has 2 N–H and O–H groups in total. The van der Waals surface area contributed by atoms with Crippen molar-refractivity contribution in [2.75, 3.05) is 24.5 Å². The second kappa shape index (κ2) is 6.94. The quantitative estimate of drug-likeness (QED) is 0.699.